The number of aromatic nitrogens is 3. The zero-order chi connectivity index (χ0) is 11.9. The summed E-state index contributed by atoms with van der Waals surface area (Å²) in [6, 6.07) is 0. The first kappa shape index (κ1) is 10.6. The van der Waals surface area contributed by atoms with Gasteiger partial charge in [-0.3, -0.25) is 9.97 Å². The standard InChI is InChI=1S/C11H13N5S/c12-10-16-7-1-2-11(13,5-8(7)17-10)9-6-14-3-4-15-9/h3-4,6H,1-2,5,13H2,(H2,12,16). The SMILES string of the molecule is Nc1nc2c(s1)CC(N)(c1cnccn1)CC2. The molecule has 1 aliphatic rings. The van der Waals surface area contributed by atoms with E-state index in [1.165, 1.54) is 16.2 Å². The smallest absolute Gasteiger partial charge is 0.180 e. The van der Waals surface area contributed by atoms with Crippen LogP contribution in [0.5, 0.6) is 0 Å². The zero-order valence-electron chi connectivity index (χ0n) is 9.26. The number of nitrogen functional groups attached to an aromatic ring is 1. The van der Waals surface area contributed by atoms with Gasteiger partial charge in [-0.2, -0.15) is 0 Å². The third-order valence-corrected chi connectivity index (χ3v) is 4.08. The number of aryl methyl sites for hydroxylation is 1. The number of nitrogens with zero attached hydrogens (tertiary/aromatic N) is 3. The summed E-state index contributed by atoms with van der Waals surface area (Å²) in [6.45, 7) is 0. The number of nitrogens with two attached hydrogens (primary N) is 2. The summed E-state index contributed by atoms with van der Waals surface area (Å²) in [7, 11) is 0. The Balaban J connectivity index is 1.97. The van der Waals surface area contributed by atoms with Crippen molar-refractivity contribution in [3.63, 3.8) is 0 Å². The van der Waals surface area contributed by atoms with Gasteiger partial charge in [0.05, 0.1) is 23.1 Å². The second-order valence-corrected chi connectivity index (χ2v) is 5.46. The van der Waals surface area contributed by atoms with Crippen LogP contribution in [0.2, 0.25) is 0 Å². The van der Waals surface area contributed by atoms with E-state index >= 15 is 0 Å². The van der Waals surface area contributed by atoms with Crippen LogP contribution >= 0.6 is 11.3 Å². The van der Waals surface area contributed by atoms with Gasteiger partial charge in [-0.05, 0) is 12.8 Å². The second kappa shape index (κ2) is 3.75. The third-order valence-electron chi connectivity index (χ3n) is 3.15. The first-order chi connectivity index (χ1) is 8.17. The van der Waals surface area contributed by atoms with Gasteiger partial charge in [0.15, 0.2) is 5.13 Å². The normalized spacial score (nSPS) is 23.4. The van der Waals surface area contributed by atoms with Crippen LogP contribution in [0, 0.1) is 0 Å². The maximum atomic E-state index is 6.44. The molecular weight excluding hydrogens is 234 g/mol. The fraction of sp³-hybridized carbons (Fsp3) is 0.364. The van der Waals surface area contributed by atoms with E-state index in [0.29, 0.717) is 5.13 Å². The number of fused-ring (bicyclic) bond motifs is 1. The predicted octanol–water partition coefficient (Wildman–Crippen LogP) is 0.858. The van der Waals surface area contributed by atoms with Crippen molar-refractivity contribution in [1.82, 2.24) is 15.0 Å². The molecule has 0 spiro atoms. The van der Waals surface area contributed by atoms with Crippen molar-refractivity contribution >= 4 is 16.5 Å². The average molecular weight is 247 g/mol. The Morgan fingerprint density at radius 1 is 1.35 bits per heavy atom. The van der Waals surface area contributed by atoms with Gasteiger partial charge < -0.3 is 11.5 Å². The number of thiazole rings is 1. The highest BCUT2D eigenvalue weighted by Gasteiger charge is 2.35. The topological polar surface area (TPSA) is 90.7 Å². The van der Waals surface area contributed by atoms with Crippen molar-refractivity contribution < 1.29 is 0 Å². The lowest BCUT2D eigenvalue weighted by Gasteiger charge is -2.31. The maximum Gasteiger partial charge on any atom is 0.180 e. The van der Waals surface area contributed by atoms with Gasteiger partial charge in [-0.1, -0.05) is 0 Å². The summed E-state index contributed by atoms with van der Waals surface area (Å²) in [5.74, 6) is 0. The molecule has 4 N–H and O–H groups in total. The predicted molar refractivity (Wildman–Crippen MR) is 66.4 cm³/mol. The summed E-state index contributed by atoms with van der Waals surface area (Å²) in [5.41, 5.74) is 13.7. The molecule has 17 heavy (non-hydrogen) atoms. The molecule has 0 aromatic carbocycles. The molecule has 5 nitrogen and oxygen atoms in total. The molecule has 0 radical (unpaired) electrons. The summed E-state index contributed by atoms with van der Waals surface area (Å²) in [4.78, 5) is 13.9. The summed E-state index contributed by atoms with van der Waals surface area (Å²) in [6.07, 6.45) is 7.52. The van der Waals surface area contributed by atoms with E-state index in [4.69, 9.17) is 11.5 Å². The fourth-order valence-electron chi connectivity index (χ4n) is 2.23. The number of hydrogen-bond acceptors (Lipinski definition) is 6. The molecule has 0 amide bonds. The minimum atomic E-state index is -0.430. The van der Waals surface area contributed by atoms with E-state index in [2.05, 4.69) is 15.0 Å². The summed E-state index contributed by atoms with van der Waals surface area (Å²) in [5, 5.41) is 0.624. The molecule has 1 atom stereocenters. The van der Waals surface area contributed by atoms with Gasteiger partial charge in [0, 0.05) is 23.7 Å². The highest BCUT2D eigenvalue weighted by Crippen LogP contribution is 2.36. The lowest BCUT2D eigenvalue weighted by molar-refractivity contribution is 0.374. The molecule has 3 rings (SSSR count). The number of rotatable bonds is 1. The van der Waals surface area contributed by atoms with Gasteiger partial charge in [0.1, 0.15) is 0 Å². The van der Waals surface area contributed by atoms with Gasteiger partial charge in [0.2, 0.25) is 0 Å². The Kier molecular flexibility index (Phi) is 2.34. The first-order valence-electron chi connectivity index (χ1n) is 5.47. The van der Waals surface area contributed by atoms with Crippen molar-refractivity contribution in [3.8, 4) is 0 Å². The highest BCUT2D eigenvalue weighted by atomic mass is 32.1. The van der Waals surface area contributed by atoms with Crippen molar-refractivity contribution in [2.24, 2.45) is 5.73 Å². The third kappa shape index (κ3) is 1.79. The van der Waals surface area contributed by atoms with Crippen LogP contribution in [0.4, 0.5) is 5.13 Å². The number of anilines is 1. The Hall–Kier alpha value is -1.53. The van der Waals surface area contributed by atoms with Crippen molar-refractivity contribution in [2.45, 2.75) is 24.8 Å². The fourth-order valence-corrected chi connectivity index (χ4v) is 3.23. The molecule has 0 fully saturated rings. The molecule has 2 aromatic rings. The molecule has 1 unspecified atom stereocenters. The molecule has 2 heterocycles. The Bertz CT molecular complexity index is 538. The van der Waals surface area contributed by atoms with E-state index < -0.39 is 5.54 Å². The monoisotopic (exact) mass is 247 g/mol. The van der Waals surface area contributed by atoms with E-state index in [-0.39, 0.29) is 0 Å². The van der Waals surface area contributed by atoms with E-state index in [9.17, 15) is 0 Å². The lowest BCUT2D eigenvalue weighted by atomic mass is 9.82. The largest absolute Gasteiger partial charge is 0.375 e. The quantitative estimate of drug-likeness (QED) is 0.780. The molecule has 2 aromatic heterocycles. The molecule has 0 saturated heterocycles. The molecule has 6 heteroatoms. The molecule has 0 aliphatic heterocycles. The number of hydrogen-bond donors (Lipinski definition) is 2. The molecule has 88 valence electrons. The molecule has 0 saturated carbocycles. The minimum Gasteiger partial charge on any atom is -0.375 e. The first-order valence-corrected chi connectivity index (χ1v) is 6.28. The van der Waals surface area contributed by atoms with Crippen LogP contribution in [0.15, 0.2) is 18.6 Å². The van der Waals surface area contributed by atoms with Crippen molar-refractivity contribution in [1.29, 1.82) is 0 Å². The summed E-state index contributed by atoms with van der Waals surface area (Å²) >= 11 is 1.53. The van der Waals surface area contributed by atoms with Crippen LogP contribution in [0.1, 0.15) is 22.7 Å². The van der Waals surface area contributed by atoms with E-state index in [1.807, 2.05) is 0 Å². The van der Waals surface area contributed by atoms with Crippen molar-refractivity contribution in [3.05, 3.63) is 34.9 Å². The van der Waals surface area contributed by atoms with Crippen LogP contribution in [0.3, 0.4) is 0 Å². The molecule has 0 bridgehead atoms. The van der Waals surface area contributed by atoms with Gasteiger partial charge in [-0.15, -0.1) is 11.3 Å². The Morgan fingerprint density at radius 2 is 2.24 bits per heavy atom. The minimum absolute atomic E-state index is 0.430. The van der Waals surface area contributed by atoms with Crippen LogP contribution in [-0.2, 0) is 18.4 Å². The van der Waals surface area contributed by atoms with E-state index in [0.717, 1.165) is 30.7 Å². The zero-order valence-corrected chi connectivity index (χ0v) is 10.1. The van der Waals surface area contributed by atoms with Crippen molar-refractivity contribution in [2.75, 3.05) is 5.73 Å². The van der Waals surface area contributed by atoms with Crippen LogP contribution in [-0.4, -0.2) is 15.0 Å². The maximum absolute atomic E-state index is 6.44. The highest BCUT2D eigenvalue weighted by molar-refractivity contribution is 7.15. The average Bonchev–Trinajstić information content (AvgIpc) is 2.69. The second-order valence-electron chi connectivity index (χ2n) is 4.35. The lowest BCUT2D eigenvalue weighted by Crippen LogP contribution is -2.42. The Labute approximate surface area is 103 Å². The van der Waals surface area contributed by atoms with Crippen LogP contribution in [0.25, 0.3) is 0 Å². The Morgan fingerprint density at radius 3 is 3.00 bits per heavy atom. The molecular formula is C11H13N5S. The van der Waals surface area contributed by atoms with Gasteiger partial charge in [0.25, 0.3) is 0 Å². The van der Waals surface area contributed by atoms with Crippen LogP contribution < -0.4 is 11.5 Å². The summed E-state index contributed by atoms with van der Waals surface area (Å²) < 4.78 is 0. The molecule has 1 aliphatic carbocycles. The van der Waals surface area contributed by atoms with E-state index in [1.54, 1.807) is 18.6 Å². The van der Waals surface area contributed by atoms with Gasteiger partial charge in [-0.25, -0.2) is 4.98 Å². The van der Waals surface area contributed by atoms with Gasteiger partial charge >= 0.3 is 0 Å².